The third-order valence-electron chi connectivity index (χ3n) is 7.01. The number of nitrogens with zero attached hydrogens (tertiary/aromatic N) is 2. The van der Waals surface area contributed by atoms with Crippen molar-refractivity contribution in [3.05, 3.63) is 17.7 Å². The lowest BCUT2D eigenvalue weighted by Gasteiger charge is -2.37. The number of methoxy groups -OCH3 is 3. The first-order valence-corrected chi connectivity index (χ1v) is 14.7. The van der Waals surface area contributed by atoms with Gasteiger partial charge in [-0.1, -0.05) is 26.8 Å². The Morgan fingerprint density at radius 2 is 1.62 bits per heavy atom. The fourth-order valence-electron chi connectivity index (χ4n) is 4.84. The van der Waals surface area contributed by atoms with E-state index in [4.69, 9.17) is 36.5 Å². The van der Waals surface area contributed by atoms with Gasteiger partial charge in [0.2, 0.25) is 17.3 Å². The van der Waals surface area contributed by atoms with Crippen LogP contribution in [0.2, 0.25) is 0 Å². The second-order valence-electron chi connectivity index (χ2n) is 10.3. The quantitative estimate of drug-likeness (QED) is 0.190. The van der Waals surface area contributed by atoms with Gasteiger partial charge < -0.3 is 34.3 Å². The largest absolute Gasteiger partial charge is 0.493 e. The van der Waals surface area contributed by atoms with Crippen LogP contribution in [-0.4, -0.2) is 115 Å². The van der Waals surface area contributed by atoms with E-state index >= 15 is 0 Å². The second-order valence-corrected chi connectivity index (χ2v) is 11.2. The molecule has 42 heavy (non-hydrogen) atoms. The molecule has 2 aliphatic rings. The van der Waals surface area contributed by atoms with Crippen molar-refractivity contribution in [2.24, 2.45) is 5.92 Å². The number of carboxylic acid groups (broad SMARTS) is 1. The van der Waals surface area contributed by atoms with Gasteiger partial charge in [-0.15, -0.1) is 0 Å². The van der Waals surface area contributed by atoms with E-state index in [0.29, 0.717) is 56.4 Å². The second kappa shape index (κ2) is 14.8. The Morgan fingerprint density at radius 1 is 1.05 bits per heavy atom. The van der Waals surface area contributed by atoms with Crippen LogP contribution in [0, 0.1) is 5.92 Å². The number of carboxylic acids is 1. The maximum atomic E-state index is 13.4. The average Bonchev–Trinajstić information content (AvgIpc) is 3.68. The molecule has 238 valence electrons. The highest BCUT2D eigenvalue weighted by atomic mass is 32.3. The normalized spacial score (nSPS) is 21.1. The third-order valence-corrected chi connectivity index (χ3v) is 7.01. The number of piperazine rings is 1. The summed E-state index contributed by atoms with van der Waals surface area (Å²) in [5.41, 5.74) is -0.543. The topological polar surface area (TPSA) is 205 Å². The number of rotatable bonds is 12. The molecule has 2 fully saturated rings. The van der Waals surface area contributed by atoms with E-state index < -0.39 is 40.0 Å². The molecule has 3 atom stereocenters. The fourth-order valence-corrected chi connectivity index (χ4v) is 4.84. The van der Waals surface area contributed by atoms with Gasteiger partial charge in [-0.3, -0.25) is 23.6 Å². The molecule has 2 heterocycles. The predicted molar refractivity (Wildman–Crippen MR) is 149 cm³/mol. The van der Waals surface area contributed by atoms with Crippen molar-refractivity contribution in [1.29, 1.82) is 0 Å². The van der Waals surface area contributed by atoms with Gasteiger partial charge in [-0.25, -0.2) is 4.79 Å². The van der Waals surface area contributed by atoms with E-state index in [9.17, 15) is 19.5 Å². The van der Waals surface area contributed by atoms with Gasteiger partial charge in [0.1, 0.15) is 6.04 Å². The van der Waals surface area contributed by atoms with Crippen molar-refractivity contribution < 1.29 is 56.0 Å². The fraction of sp³-hybridized carbons (Fsp3) is 0.654. The molecule has 0 unspecified atom stereocenters. The minimum Gasteiger partial charge on any atom is -0.493 e. The minimum atomic E-state index is -4.67. The van der Waals surface area contributed by atoms with Crippen LogP contribution in [0.1, 0.15) is 39.2 Å². The molecule has 2 aliphatic heterocycles. The van der Waals surface area contributed by atoms with Crippen molar-refractivity contribution in [2.45, 2.75) is 57.9 Å². The summed E-state index contributed by atoms with van der Waals surface area (Å²) in [6.45, 7) is 8.54. The van der Waals surface area contributed by atoms with Crippen LogP contribution in [0.3, 0.4) is 0 Å². The van der Waals surface area contributed by atoms with Crippen LogP contribution in [-0.2, 0) is 36.1 Å². The monoisotopic (exact) mass is 619 g/mol. The van der Waals surface area contributed by atoms with Gasteiger partial charge in [0.25, 0.3) is 5.91 Å². The van der Waals surface area contributed by atoms with Crippen molar-refractivity contribution in [3.8, 4) is 17.2 Å². The van der Waals surface area contributed by atoms with E-state index in [1.165, 1.54) is 0 Å². The molecular weight excluding hydrogens is 578 g/mol. The Kier molecular flexibility index (Phi) is 12.4. The highest BCUT2D eigenvalue weighted by molar-refractivity contribution is 7.79. The Morgan fingerprint density at radius 3 is 2.05 bits per heavy atom. The van der Waals surface area contributed by atoms with Crippen LogP contribution in [0.25, 0.3) is 0 Å². The first-order valence-electron chi connectivity index (χ1n) is 13.3. The number of hydrogen-bond acceptors (Lipinski definition) is 10. The molecule has 4 N–H and O–H groups in total. The Hall–Kier alpha value is -3.18. The van der Waals surface area contributed by atoms with E-state index in [2.05, 4.69) is 10.2 Å². The van der Waals surface area contributed by atoms with Crippen molar-refractivity contribution >= 4 is 28.2 Å². The van der Waals surface area contributed by atoms with Gasteiger partial charge in [0.05, 0.1) is 21.3 Å². The lowest BCUT2D eigenvalue weighted by atomic mass is 9.99. The number of carbonyl (C=O) groups excluding carboxylic acids is 2. The van der Waals surface area contributed by atoms with Crippen molar-refractivity contribution in [3.63, 3.8) is 0 Å². The molecule has 0 radical (unpaired) electrons. The van der Waals surface area contributed by atoms with Gasteiger partial charge in [0.15, 0.2) is 17.6 Å². The number of epoxide rings is 1. The van der Waals surface area contributed by atoms with Crippen LogP contribution in [0.5, 0.6) is 17.2 Å². The SMILES string of the molecule is CC[C@@]1(C(=O)O)O[C@H]1C(=O)N[C@@H](CC(C)C)C(=O)N1CCN(Cc2ccc(OC)c(OC)c2OC)CC1.O=S(=O)(O)O. The standard InChI is InChI=1S/C26H39N3O8.H2O4S/c1-7-26(25(32)33)22(37-26)23(30)27-18(14-16(2)3)24(31)29-12-10-28(11-13-29)15-17-8-9-19(34-4)21(36-6)20(17)35-5;1-5(2,3)4/h8-9,16,18,22H,7,10-15H2,1-6H3,(H,27,30)(H,32,33);(H2,1,2,3,4)/t18-,22-,26+;/m0./s1. The summed E-state index contributed by atoms with van der Waals surface area (Å²) in [6, 6.07) is 3.05. The summed E-state index contributed by atoms with van der Waals surface area (Å²) in [7, 11) is 0.0700. The van der Waals surface area contributed by atoms with Crippen LogP contribution < -0.4 is 19.5 Å². The summed E-state index contributed by atoms with van der Waals surface area (Å²) in [6.07, 6.45) is -0.450. The molecule has 16 heteroatoms. The molecule has 2 saturated heterocycles. The maximum absolute atomic E-state index is 13.4. The summed E-state index contributed by atoms with van der Waals surface area (Å²) in [5.74, 6) is 0.0246. The first-order chi connectivity index (χ1) is 19.6. The minimum absolute atomic E-state index is 0.156. The molecule has 0 spiro atoms. The lowest BCUT2D eigenvalue weighted by Crippen LogP contribution is -2.55. The number of aliphatic carboxylic acids is 1. The van der Waals surface area contributed by atoms with Crippen molar-refractivity contribution in [1.82, 2.24) is 15.1 Å². The smallest absolute Gasteiger partial charge is 0.394 e. The number of benzene rings is 1. The number of hydrogen-bond donors (Lipinski definition) is 4. The van der Waals surface area contributed by atoms with E-state index in [1.54, 1.807) is 33.2 Å². The van der Waals surface area contributed by atoms with Crippen LogP contribution in [0.4, 0.5) is 0 Å². The molecule has 2 amide bonds. The molecule has 1 aromatic carbocycles. The highest BCUT2D eigenvalue weighted by Crippen LogP contribution is 2.41. The molecule has 0 saturated carbocycles. The average molecular weight is 620 g/mol. The first kappa shape index (κ1) is 35.0. The zero-order chi connectivity index (χ0) is 31.8. The zero-order valence-electron chi connectivity index (χ0n) is 24.7. The van der Waals surface area contributed by atoms with E-state index in [0.717, 1.165) is 5.56 Å². The number of ether oxygens (including phenoxy) is 4. The summed E-state index contributed by atoms with van der Waals surface area (Å²) in [4.78, 5) is 41.7. The van der Waals surface area contributed by atoms with Crippen LogP contribution >= 0.6 is 0 Å². The Labute approximate surface area is 245 Å². The molecule has 0 bridgehead atoms. The Balaban J connectivity index is 0.00000113. The molecule has 0 aliphatic carbocycles. The number of carbonyl (C=O) groups is 3. The summed E-state index contributed by atoms with van der Waals surface area (Å²) >= 11 is 0. The van der Waals surface area contributed by atoms with Crippen LogP contribution in [0.15, 0.2) is 12.1 Å². The van der Waals surface area contributed by atoms with E-state index in [1.807, 2.05) is 26.0 Å². The Bertz CT molecular complexity index is 1210. The highest BCUT2D eigenvalue weighted by Gasteiger charge is 2.65. The summed E-state index contributed by atoms with van der Waals surface area (Å²) in [5, 5.41) is 12.2. The van der Waals surface area contributed by atoms with E-state index in [-0.39, 0.29) is 18.2 Å². The third kappa shape index (κ3) is 9.16. The van der Waals surface area contributed by atoms with Gasteiger partial charge in [-0.2, -0.15) is 8.42 Å². The van der Waals surface area contributed by atoms with Gasteiger partial charge >= 0.3 is 16.4 Å². The molecule has 15 nitrogen and oxygen atoms in total. The number of nitrogens with one attached hydrogen (secondary N) is 1. The zero-order valence-corrected chi connectivity index (χ0v) is 25.5. The molecule has 1 aromatic rings. The molecular formula is C26H41N3O12S. The van der Waals surface area contributed by atoms with Crippen molar-refractivity contribution in [2.75, 3.05) is 47.5 Å². The summed E-state index contributed by atoms with van der Waals surface area (Å²) < 4.78 is 53.3. The molecule has 3 rings (SSSR count). The van der Waals surface area contributed by atoms with Gasteiger partial charge in [0, 0.05) is 38.3 Å². The molecule has 0 aromatic heterocycles. The van der Waals surface area contributed by atoms with Gasteiger partial charge in [-0.05, 0) is 24.8 Å². The predicted octanol–water partition coefficient (Wildman–Crippen LogP) is 0.867. The number of amides is 2. The lowest BCUT2D eigenvalue weighted by molar-refractivity contribution is -0.143. The maximum Gasteiger partial charge on any atom is 0.394 e.